The number of halogens is 1. The fourth-order valence-corrected chi connectivity index (χ4v) is 4.47. The first-order valence-electron chi connectivity index (χ1n) is 13.6. The van der Waals surface area contributed by atoms with Gasteiger partial charge in [0.05, 0.1) is 12.3 Å². The molecule has 4 amide bonds. The van der Waals surface area contributed by atoms with Gasteiger partial charge in [0.1, 0.15) is 24.5 Å². The Morgan fingerprint density at radius 3 is 2.09 bits per heavy atom. The lowest BCUT2D eigenvalue weighted by molar-refractivity contribution is -0.122. The molecule has 9 heteroatoms. The highest BCUT2D eigenvalue weighted by Crippen LogP contribution is 2.31. The summed E-state index contributed by atoms with van der Waals surface area (Å²) in [5.41, 5.74) is 3.73. The molecule has 0 unspecified atom stereocenters. The molecule has 218 valence electrons. The third-order valence-electron chi connectivity index (χ3n) is 6.61. The van der Waals surface area contributed by atoms with Crippen LogP contribution in [0.15, 0.2) is 96.6 Å². The number of ether oxygens (including phenoxy) is 3. The average Bonchev–Trinajstić information content (AvgIpc) is 3.00. The predicted molar refractivity (Wildman–Crippen MR) is 164 cm³/mol. The van der Waals surface area contributed by atoms with E-state index in [1.165, 1.54) is 6.08 Å². The fraction of sp³-hybridized carbons (Fsp3) is 0.147. The summed E-state index contributed by atoms with van der Waals surface area (Å²) >= 11 is 5.93. The van der Waals surface area contributed by atoms with Crippen LogP contribution in [0.5, 0.6) is 17.2 Å². The van der Waals surface area contributed by atoms with Gasteiger partial charge in [0, 0.05) is 5.02 Å². The van der Waals surface area contributed by atoms with Gasteiger partial charge in [-0.15, -0.1) is 0 Å². The van der Waals surface area contributed by atoms with Gasteiger partial charge in [0.15, 0.2) is 11.5 Å². The number of carbonyl (C=O) groups excluding carboxylic acids is 3. The Morgan fingerprint density at radius 1 is 0.767 bits per heavy atom. The zero-order valence-corrected chi connectivity index (χ0v) is 24.4. The van der Waals surface area contributed by atoms with Crippen molar-refractivity contribution in [2.75, 3.05) is 11.5 Å². The quantitative estimate of drug-likeness (QED) is 0.159. The molecule has 0 aliphatic carbocycles. The molecule has 0 spiro atoms. The molecule has 0 aromatic heterocycles. The summed E-state index contributed by atoms with van der Waals surface area (Å²) in [6.45, 7) is 4.94. The maximum absolute atomic E-state index is 13.4. The van der Waals surface area contributed by atoms with Crippen LogP contribution in [-0.4, -0.2) is 24.5 Å². The van der Waals surface area contributed by atoms with Crippen LogP contribution in [0.2, 0.25) is 5.02 Å². The molecule has 1 saturated heterocycles. The van der Waals surface area contributed by atoms with Crippen LogP contribution in [0.25, 0.3) is 6.08 Å². The summed E-state index contributed by atoms with van der Waals surface area (Å²) in [7, 11) is 0. The number of nitrogens with one attached hydrogen (secondary N) is 1. The van der Waals surface area contributed by atoms with Gasteiger partial charge in [0.2, 0.25) is 0 Å². The SMILES string of the molecule is CCOc1cc(/C=C2\C(=O)NC(=O)N(c3ccc(OCc4ccc(Cl)cc4)cc3)C2=O)ccc1OCc1ccc(C)cc1. The maximum atomic E-state index is 13.4. The first kappa shape index (κ1) is 29.4. The predicted octanol–water partition coefficient (Wildman–Crippen LogP) is 6.87. The minimum Gasteiger partial charge on any atom is -0.490 e. The van der Waals surface area contributed by atoms with Crippen LogP contribution in [0.1, 0.15) is 29.2 Å². The van der Waals surface area contributed by atoms with Crippen molar-refractivity contribution in [1.82, 2.24) is 5.32 Å². The summed E-state index contributed by atoms with van der Waals surface area (Å²) in [4.78, 5) is 39.7. The molecule has 4 aromatic rings. The lowest BCUT2D eigenvalue weighted by Crippen LogP contribution is -2.54. The molecule has 1 fully saturated rings. The van der Waals surface area contributed by atoms with Gasteiger partial charge in [-0.2, -0.15) is 0 Å². The van der Waals surface area contributed by atoms with Crippen LogP contribution < -0.4 is 24.4 Å². The summed E-state index contributed by atoms with van der Waals surface area (Å²) in [6.07, 6.45) is 1.42. The summed E-state index contributed by atoms with van der Waals surface area (Å²) < 4.78 is 17.6. The van der Waals surface area contributed by atoms with Crippen LogP contribution >= 0.6 is 11.6 Å². The third-order valence-corrected chi connectivity index (χ3v) is 6.86. The van der Waals surface area contributed by atoms with Crippen molar-refractivity contribution in [2.45, 2.75) is 27.1 Å². The van der Waals surface area contributed by atoms with Gasteiger partial charge in [0.25, 0.3) is 11.8 Å². The monoisotopic (exact) mass is 596 g/mol. The Balaban J connectivity index is 1.32. The van der Waals surface area contributed by atoms with E-state index in [1.54, 1.807) is 54.6 Å². The van der Waals surface area contributed by atoms with Crippen molar-refractivity contribution in [3.63, 3.8) is 0 Å². The number of nitrogens with zero attached hydrogens (tertiary/aromatic N) is 1. The molecule has 4 aromatic carbocycles. The molecular weight excluding hydrogens is 568 g/mol. The highest BCUT2D eigenvalue weighted by molar-refractivity contribution is 6.39. The Morgan fingerprint density at radius 2 is 1.42 bits per heavy atom. The van der Waals surface area contributed by atoms with E-state index in [4.69, 9.17) is 25.8 Å². The van der Waals surface area contributed by atoms with E-state index in [0.29, 0.717) is 47.7 Å². The number of rotatable bonds is 10. The largest absolute Gasteiger partial charge is 0.490 e. The van der Waals surface area contributed by atoms with Gasteiger partial charge < -0.3 is 14.2 Å². The smallest absolute Gasteiger partial charge is 0.335 e. The van der Waals surface area contributed by atoms with Crippen LogP contribution in [0, 0.1) is 6.92 Å². The number of hydrogen-bond acceptors (Lipinski definition) is 6. The number of hydrogen-bond donors (Lipinski definition) is 1. The molecule has 1 aliphatic heterocycles. The molecule has 5 rings (SSSR count). The van der Waals surface area contributed by atoms with Crippen LogP contribution in [0.4, 0.5) is 10.5 Å². The highest BCUT2D eigenvalue weighted by Gasteiger charge is 2.36. The number of urea groups is 1. The molecular formula is C34H29ClN2O6. The molecule has 8 nitrogen and oxygen atoms in total. The molecule has 0 bridgehead atoms. The average molecular weight is 597 g/mol. The number of carbonyl (C=O) groups is 3. The number of anilines is 1. The van der Waals surface area contributed by atoms with E-state index in [9.17, 15) is 14.4 Å². The lowest BCUT2D eigenvalue weighted by atomic mass is 10.1. The first-order chi connectivity index (χ1) is 20.8. The maximum Gasteiger partial charge on any atom is 0.335 e. The van der Waals surface area contributed by atoms with Crippen LogP contribution in [-0.2, 0) is 22.8 Å². The van der Waals surface area contributed by atoms with Crippen molar-refractivity contribution < 1.29 is 28.6 Å². The Kier molecular flexibility index (Phi) is 9.08. The third kappa shape index (κ3) is 7.23. The summed E-state index contributed by atoms with van der Waals surface area (Å²) in [5.74, 6) is 0.00513. The standard InChI is InChI=1S/C34H29ClN2O6/c1-3-41-31-19-25(10-17-30(31)43-21-23-6-4-22(2)5-7-23)18-29-32(38)36-34(40)37(33(29)39)27-13-15-28(16-14-27)42-20-24-8-11-26(35)12-9-24/h4-19H,3,20-21H2,1-2H3,(H,36,38,40)/b29-18+. The van der Waals surface area contributed by atoms with E-state index in [2.05, 4.69) is 5.32 Å². The fourth-order valence-electron chi connectivity index (χ4n) is 4.34. The van der Waals surface area contributed by atoms with E-state index in [0.717, 1.165) is 21.6 Å². The van der Waals surface area contributed by atoms with E-state index >= 15 is 0 Å². The molecule has 0 saturated carbocycles. The van der Waals surface area contributed by atoms with Crippen molar-refractivity contribution in [2.24, 2.45) is 0 Å². The molecule has 1 N–H and O–H groups in total. The topological polar surface area (TPSA) is 94.2 Å². The van der Waals surface area contributed by atoms with Crippen molar-refractivity contribution in [3.8, 4) is 17.2 Å². The molecule has 1 heterocycles. The molecule has 0 radical (unpaired) electrons. The minimum atomic E-state index is -0.836. The molecule has 1 aliphatic rings. The van der Waals surface area contributed by atoms with Gasteiger partial charge in [-0.05, 0) is 85.1 Å². The Hall–Kier alpha value is -5.08. The normalized spacial score (nSPS) is 14.1. The number of imide groups is 2. The first-order valence-corrected chi connectivity index (χ1v) is 14.0. The second-order valence-electron chi connectivity index (χ2n) is 9.78. The van der Waals surface area contributed by atoms with E-state index < -0.39 is 17.8 Å². The van der Waals surface area contributed by atoms with Gasteiger partial charge >= 0.3 is 6.03 Å². The second-order valence-corrected chi connectivity index (χ2v) is 10.2. The van der Waals surface area contributed by atoms with Crippen LogP contribution in [0.3, 0.4) is 0 Å². The van der Waals surface area contributed by atoms with Crippen molar-refractivity contribution >= 4 is 41.2 Å². The van der Waals surface area contributed by atoms with Gasteiger partial charge in [-0.1, -0.05) is 59.6 Å². The zero-order chi connectivity index (χ0) is 30.3. The number of aryl methyl sites for hydroxylation is 1. The summed E-state index contributed by atoms with van der Waals surface area (Å²) in [5, 5.41) is 2.89. The number of amides is 4. The highest BCUT2D eigenvalue weighted by atomic mass is 35.5. The van der Waals surface area contributed by atoms with E-state index in [-0.39, 0.29) is 11.3 Å². The zero-order valence-electron chi connectivity index (χ0n) is 23.6. The number of benzene rings is 4. The number of barbiturate groups is 1. The second kappa shape index (κ2) is 13.3. The molecule has 43 heavy (non-hydrogen) atoms. The van der Waals surface area contributed by atoms with Crippen molar-refractivity contribution in [3.05, 3.63) is 124 Å². The van der Waals surface area contributed by atoms with Crippen molar-refractivity contribution in [1.29, 1.82) is 0 Å². The lowest BCUT2D eigenvalue weighted by Gasteiger charge is -2.26. The van der Waals surface area contributed by atoms with E-state index in [1.807, 2.05) is 50.2 Å². The van der Waals surface area contributed by atoms with Gasteiger partial charge in [-0.3, -0.25) is 14.9 Å². The minimum absolute atomic E-state index is 0.196. The Labute approximate surface area is 254 Å². The molecule has 0 atom stereocenters. The summed E-state index contributed by atoms with van der Waals surface area (Å²) in [6, 6.07) is 26.1. The van der Waals surface area contributed by atoms with Gasteiger partial charge in [-0.25, -0.2) is 9.69 Å². The Bertz CT molecular complexity index is 1670.